The fraction of sp³-hybridized carbons (Fsp3) is 0.954. The molecule has 14 nitrogen and oxygen atoms in total. The standard InChI is InChI=1S/C65H124O14/c1-3-5-7-9-11-13-15-17-19-21-23-25-26-27-29-31-33-35-37-39-41-43-45-47-49-74-51-54(52-75-64-63(73)61(71)59(69)56(79-64)53-76-65-62(72)60(70)58(68)55(50-66)78-65)77-57(67)48-46-44-42-40-38-36-34-32-30-28-24-22-20-18-16-14-12-10-8-6-4-2/h21,23,54-56,58-66,68-73H,3-20,22,24-53H2,1-2H3/b23-21-. The van der Waals surface area contributed by atoms with Crippen LogP contribution in [0, 0.1) is 0 Å². The predicted molar refractivity (Wildman–Crippen MR) is 317 cm³/mol. The minimum atomic E-state index is -1.70. The largest absolute Gasteiger partial charge is 0.457 e. The second-order valence-electron chi connectivity index (χ2n) is 23.7. The molecule has 0 bridgehead atoms. The molecule has 0 spiro atoms. The maximum absolute atomic E-state index is 13.1. The fourth-order valence-electron chi connectivity index (χ4n) is 10.9. The second-order valence-corrected chi connectivity index (χ2v) is 23.7. The Labute approximate surface area is 482 Å². The van der Waals surface area contributed by atoms with Gasteiger partial charge < -0.3 is 64.2 Å². The first-order valence-electron chi connectivity index (χ1n) is 33.3. The first kappa shape index (κ1) is 73.8. The molecule has 11 unspecified atom stereocenters. The van der Waals surface area contributed by atoms with E-state index in [1.807, 2.05) is 0 Å². The minimum Gasteiger partial charge on any atom is -0.457 e. The van der Waals surface area contributed by atoms with Crippen molar-refractivity contribution in [2.75, 3.05) is 33.0 Å². The number of ether oxygens (including phenoxy) is 6. The van der Waals surface area contributed by atoms with Gasteiger partial charge >= 0.3 is 5.97 Å². The highest BCUT2D eigenvalue weighted by atomic mass is 16.7. The van der Waals surface area contributed by atoms with Crippen molar-refractivity contribution in [2.24, 2.45) is 0 Å². The zero-order valence-corrected chi connectivity index (χ0v) is 50.6. The van der Waals surface area contributed by atoms with Crippen LogP contribution < -0.4 is 0 Å². The number of esters is 1. The lowest BCUT2D eigenvalue weighted by Crippen LogP contribution is -2.61. The Bertz CT molecular complexity index is 1360. The van der Waals surface area contributed by atoms with E-state index in [9.17, 15) is 40.5 Å². The van der Waals surface area contributed by atoms with E-state index in [0.29, 0.717) is 13.0 Å². The van der Waals surface area contributed by atoms with Gasteiger partial charge in [-0.15, -0.1) is 0 Å². The van der Waals surface area contributed by atoms with Crippen LogP contribution in [-0.4, -0.2) is 142 Å². The Hall–Kier alpha value is -1.27. The van der Waals surface area contributed by atoms with Crippen LogP contribution in [0.15, 0.2) is 12.2 Å². The molecule has 0 radical (unpaired) electrons. The molecular formula is C65H124O14. The number of allylic oxidation sites excluding steroid dienone is 2. The molecule has 79 heavy (non-hydrogen) atoms. The number of unbranched alkanes of at least 4 members (excludes halogenated alkanes) is 40. The molecule has 0 aromatic rings. The van der Waals surface area contributed by atoms with Crippen molar-refractivity contribution >= 4 is 5.97 Å². The van der Waals surface area contributed by atoms with Crippen LogP contribution in [0.1, 0.15) is 296 Å². The van der Waals surface area contributed by atoms with Crippen molar-refractivity contribution in [3.63, 3.8) is 0 Å². The van der Waals surface area contributed by atoms with Crippen molar-refractivity contribution in [2.45, 2.75) is 364 Å². The van der Waals surface area contributed by atoms with Gasteiger partial charge in [0.2, 0.25) is 0 Å². The average molecular weight is 1130 g/mol. The monoisotopic (exact) mass is 1130 g/mol. The predicted octanol–water partition coefficient (Wildman–Crippen LogP) is 13.3. The van der Waals surface area contributed by atoms with E-state index in [1.54, 1.807) is 0 Å². The lowest BCUT2D eigenvalue weighted by atomic mass is 9.98. The van der Waals surface area contributed by atoms with E-state index >= 15 is 0 Å². The molecular weight excluding hydrogens is 1000 g/mol. The normalized spacial score (nSPS) is 24.0. The number of rotatable bonds is 56. The van der Waals surface area contributed by atoms with Crippen LogP contribution in [0.5, 0.6) is 0 Å². The Morgan fingerprint density at radius 2 is 0.747 bits per heavy atom. The smallest absolute Gasteiger partial charge is 0.306 e. The van der Waals surface area contributed by atoms with Crippen LogP contribution >= 0.6 is 0 Å². The molecule has 2 aliphatic heterocycles. The highest BCUT2D eigenvalue weighted by Crippen LogP contribution is 2.27. The summed E-state index contributed by atoms with van der Waals surface area (Å²) in [6.45, 7) is 3.77. The van der Waals surface area contributed by atoms with Gasteiger partial charge in [-0.25, -0.2) is 0 Å². The quantitative estimate of drug-likeness (QED) is 0.0172. The summed E-state index contributed by atoms with van der Waals surface area (Å²) in [5, 5.41) is 72.5. The molecule has 2 saturated heterocycles. The molecule has 0 amide bonds. The van der Waals surface area contributed by atoms with Crippen LogP contribution in [-0.2, 0) is 33.2 Å². The van der Waals surface area contributed by atoms with Gasteiger partial charge in [-0.3, -0.25) is 4.79 Å². The summed E-state index contributed by atoms with van der Waals surface area (Å²) in [5.74, 6) is -0.367. The van der Waals surface area contributed by atoms with Gasteiger partial charge in [-0.05, 0) is 38.5 Å². The lowest BCUT2D eigenvalue weighted by molar-refractivity contribution is -0.332. The Balaban J connectivity index is 1.65. The third-order valence-electron chi connectivity index (χ3n) is 16.3. The van der Waals surface area contributed by atoms with Crippen LogP contribution in [0.3, 0.4) is 0 Å². The van der Waals surface area contributed by atoms with E-state index in [2.05, 4.69) is 26.0 Å². The number of hydrogen-bond donors (Lipinski definition) is 7. The highest BCUT2D eigenvalue weighted by molar-refractivity contribution is 5.69. The molecule has 468 valence electrons. The molecule has 0 aromatic heterocycles. The van der Waals surface area contributed by atoms with Crippen molar-refractivity contribution in [3.05, 3.63) is 12.2 Å². The zero-order chi connectivity index (χ0) is 57.2. The van der Waals surface area contributed by atoms with Gasteiger partial charge in [-0.2, -0.15) is 0 Å². The lowest BCUT2D eigenvalue weighted by Gasteiger charge is -2.42. The summed E-state index contributed by atoms with van der Waals surface area (Å²) in [5.41, 5.74) is 0. The third kappa shape index (κ3) is 38.3. The molecule has 2 heterocycles. The Kier molecular flexibility index (Phi) is 48.9. The van der Waals surface area contributed by atoms with E-state index in [4.69, 9.17) is 28.4 Å². The maximum atomic E-state index is 13.1. The van der Waals surface area contributed by atoms with Gasteiger partial charge in [0.05, 0.1) is 26.4 Å². The number of carbonyl (C=O) groups is 1. The molecule has 0 aromatic carbocycles. The van der Waals surface area contributed by atoms with E-state index in [0.717, 1.165) is 38.5 Å². The molecule has 0 saturated carbocycles. The van der Waals surface area contributed by atoms with E-state index < -0.39 is 80.7 Å². The first-order chi connectivity index (χ1) is 38.6. The van der Waals surface area contributed by atoms with Gasteiger partial charge in [0.15, 0.2) is 12.6 Å². The van der Waals surface area contributed by atoms with Crippen molar-refractivity contribution in [3.8, 4) is 0 Å². The molecule has 14 heteroatoms. The van der Waals surface area contributed by atoms with Gasteiger partial charge in [0, 0.05) is 13.0 Å². The molecule has 0 aliphatic carbocycles. The van der Waals surface area contributed by atoms with Crippen LogP contribution in [0.2, 0.25) is 0 Å². The summed E-state index contributed by atoms with van der Waals surface area (Å²) >= 11 is 0. The van der Waals surface area contributed by atoms with E-state index in [-0.39, 0.29) is 25.6 Å². The van der Waals surface area contributed by atoms with Gasteiger partial charge in [0.1, 0.15) is 54.9 Å². The van der Waals surface area contributed by atoms with Gasteiger partial charge in [0.25, 0.3) is 0 Å². The molecule has 2 aliphatic rings. The maximum Gasteiger partial charge on any atom is 0.306 e. The molecule has 7 N–H and O–H groups in total. The summed E-state index contributed by atoms with van der Waals surface area (Å²) in [4.78, 5) is 13.1. The van der Waals surface area contributed by atoms with E-state index in [1.165, 1.54) is 231 Å². The van der Waals surface area contributed by atoms with Crippen molar-refractivity contribution in [1.82, 2.24) is 0 Å². The number of hydrogen-bond acceptors (Lipinski definition) is 14. The number of carbonyl (C=O) groups excluding carboxylic acids is 1. The van der Waals surface area contributed by atoms with Crippen molar-refractivity contribution < 1.29 is 69.0 Å². The minimum absolute atomic E-state index is 0.0682. The summed E-state index contributed by atoms with van der Waals surface area (Å²) in [7, 11) is 0. The fourth-order valence-corrected chi connectivity index (χ4v) is 10.9. The molecule has 11 atom stereocenters. The Morgan fingerprint density at radius 1 is 0.405 bits per heavy atom. The third-order valence-corrected chi connectivity index (χ3v) is 16.3. The summed E-state index contributed by atoms with van der Waals surface area (Å²) < 4.78 is 34.5. The molecule has 2 rings (SSSR count). The topological polar surface area (TPSA) is 214 Å². The van der Waals surface area contributed by atoms with Gasteiger partial charge in [-0.1, -0.05) is 264 Å². The van der Waals surface area contributed by atoms with Crippen LogP contribution in [0.25, 0.3) is 0 Å². The van der Waals surface area contributed by atoms with Crippen LogP contribution in [0.4, 0.5) is 0 Å². The SMILES string of the molecule is CCCCCCCCCC/C=C\CCCCCCCCCCCCCCOCC(COC1OC(COC2OC(CO)C(O)C(O)C2O)C(O)C(O)C1O)OC(=O)CCCCCCCCCCCCCCCCCCCCCCC. The summed E-state index contributed by atoms with van der Waals surface area (Å²) in [6.07, 6.45) is 44.2. The molecule has 2 fully saturated rings. The number of aliphatic hydroxyl groups is 7. The second kappa shape index (κ2) is 52.3. The zero-order valence-electron chi connectivity index (χ0n) is 50.6. The Morgan fingerprint density at radius 3 is 1.15 bits per heavy atom. The summed E-state index contributed by atoms with van der Waals surface area (Å²) in [6, 6.07) is 0. The highest BCUT2D eigenvalue weighted by Gasteiger charge is 2.47. The number of aliphatic hydroxyl groups excluding tert-OH is 7. The first-order valence-corrected chi connectivity index (χ1v) is 33.3. The van der Waals surface area contributed by atoms with Crippen molar-refractivity contribution in [1.29, 1.82) is 0 Å². The average Bonchev–Trinajstić information content (AvgIpc) is 3.46.